The second-order valence-electron chi connectivity index (χ2n) is 8.90. The molecular weight excluding hydrogens is 526 g/mol. The van der Waals surface area contributed by atoms with Crippen molar-refractivity contribution in [2.24, 2.45) is 0 Å². The molecule has 36 heavy (non-hydrogen) atoms. The summed E-state index contributed by atoms with van der Waals surface area (Å²) in [6.45, 7) is 0.899. The number of aryl methyl sites for hydroxylation is 1. The SMILES string of the molecule is Cc1c(N(Cc2ccc(F)c(C(F)(F)F)c2)S(=O)(=O)CCN2CCCC(F)(F)C2)sc2ccccc12. The van der Waals surface area contributed by atoms with Gasteiger partial charge in [0, 0.05) is 17.7 Å². The van der Waals surface area contributed by atoms with Gasteiger partial charge in [0.2, 0.25) is 10.0 Å². The van der Waals surface area contributed by atoms with Crippen LogP contribution in [0.2, 0.25) is 0 Å². The van der Waals surface area contributed by atoms with Gasteiger partial charge in [0.15, 0.2) is 0 Å². The molecule has 1 aromatic heterocycles. The van der Waals surface area contributed by atoms with E-state index in [9.17, 15) is 34.8 Å². The van der Waals surface area contributed by atoms with Gasteiger partial charge in [-0.15, -0.1) is 11.3 Å². The van der Waals surface area contributed by atoms with Crippen molar-refractivity contribution in [3.63, 3.8) is 0 Å². The minimum absolute atomic E-state index is 0.0475. The largest absolute Gasteiger partial charge is 0.419 e. The molecule has 0 bridgehead atoms. The molecule has 2 aromatic carbocycles. The lowest BCUT2D eigenvalue weighted by Gasteiger charge is -2.33. The minimum Gasteiger partial charge on any atom is -0.296 e. The van der Waals surface area contributed by atoms with Crippen LogP contribution in [-0.4, -0.2) is 44.6 Å². The third kappa shape index (κ3) is 5.81. The topological polar surface area (TPSA) is 40.6 Å². The first-order chi connectivity index (χ1) is 16.8. The highest BCUT2D eigenvalue weighted by atomic mass is 32.2. The maximum Gasteiger partial charge on any atom is 0.419 e. The number of piperidine rings is 1. The fourth-order valence-electron chi connectivity index (χ4n) is 4.34. The lowest BCUT2D eigenvalue weighted by molar-refractivity contribution is -0.140. The number of benzene rings is 2. The van der Waals surface area contributed by atoms with Gasteiger partial charge in [-0.3, -0.25) is 9.21 Å². The molecular formula is C24H24F6N2O2S2. The van der Waals surface area contributed by atoms with E-state index in [0.717, 1.165) is 20.5 Å². The average Bonchev–Trinajstić information content (AvgIpc) is 3.12. The van der Waals surface area contributed by atoms with Crippen molar-refractivity contribution in [2.45, 2.75) is 38.4 Å². The normalized spacial score (nSPS) is 17.0. The number of nitrogens with zero attached hydrogens (tertiary/aromatic N) is 2. The van der Waals surface area contributed by atoms with Crippen LogP contribution in [0.25, 0.3) is 10.1 Å². The van der Waals surface area contributed by atoms with E-state index in [1.807, 2.05) is 6.07 Å². The number of sulfonamides is 1. The lowest BCUT2D eigenvalue weighted by Crippen LogP contribution is -2.45. The quantitative estimate of drug-likeness (QED) is 0.318. The van der Waals surface area contributed by atoms with Gasteiger partial charge in [-0.05, 0) is 54.6 Å². The zero-order chi connectivity index (χ0) is 26.3. The van der Waals surface area contributed by atoms with Crippen molar-refractivity contribution in [3.8, 4) is 0 Å². The van der Waals surface area contributed by atoms with Crippen LogP contribution >= 0.6 is 11.3 Å². The summed E-state index contributed by atoms with van der Waals surface area (Å²) in [4.78, 5) is 1.39. The Morgan fingerprint density at radius 3 is 2.53 bits per heavy atom. The first-order valence-corrected chi connectivity index (χ1v) is 13.6. The predicted molar refractivity (Wildman–Crippen MR) is 129 cm³/mol. The van der Waals surface area contributed by atoms with E-state index >= 15 is 0 Å². The summed E-state index contributed by atoms with van der Waals surface area (Å²) in [5, 5.41) is 1.11. The Labute approximate surface area is 209 Å². The van der Waals surface area contributed by atoms with Crippen molar-refractivity contribution in [1.29, 1.82) is 0 Å². The summed E-state index contributed by atoms with van der Waals surface area (Å²) in [6.07, 6.45) is -4.96. The zero-order valence-corrected chi connectivity index (χ0v) is 20.9. The summed E-state index contributed by atoms with van der Waals surface area (Å²) >= 11 is 1.17. The number of alkyl halides is 5. The Morgan fingerprint density at radius 1 is 1.14 bits per heavy atom. The van der Waals surface area contributed by atoms with E-state index in [0.29, 0.717) is 29.2 Å². The fourth-order valence-corrected chi connectivity index (χ4v) is 7.35. The summed E-state index contributed by atoms with van der Waals surface area (Å²) in [5.41, 5.74) is -0.906. The highest BCUT2D eigenvalue weighted by Gasteiger charge is 2.37. The van der Waals surface area contributed by atoms with Crippen LogP contribution < -0.4 is 4.31 Å². The van der Waals surface area contributed by atoms with E-state index in [2.05, 4.69) is 0 Å². The van der Waals surface area contributed by atoms with Gasteiger partial charge in [0.1, 0.15) is 10.8 Å². The van der Waals surface area contributed by atoms with E-state index in [-0.39, 0.29) is 24.9 Å². The second kappa shape index (κ2) is 9.86. The molecule has 1 aliphatic heterocycles. The fraction of sp³-hybridized carbons (Fsp3) is 0.417. The van der Waals surface area contributed by atoms with Crippen LogP contribution in [0, 0.1) is 12.7 Å². The molecule has 4 rings (SSSR count). The molecule has 1 fully saturated rings. The lowest BCUT2D eigenvalue weighted by atomic mass is 10.1. The molecule has 12 heteroatoms. The second-order valence-corrected chi connectivity index (χ2v) is 11.9. The number of rotatable bonds is 7. The third-order valence-electron chi connectivity index (χ3n) is 6.18. The molecule has 0 aliphatic carbocycles. The van der Waals surface area contributed by atoms with E-state index < -0.39 is 52.3 Å². The number of halogens is 6. The first-order valence-electron chi connectivity index (χ1n) is 11.2. The number of thiophene rings is 1. The Morgan fingerprint density at radius 2 is 1.86 bits per heavy atom. The van der Waals surface area contributed by atoms with Crippen LogP contribution in [0.3, 0.4) is 0 Å². The predicted octanol–water partition coefficient (Wildman–Crippen LogP) is 6.44. The average molecular weight is 551 g/mol. The molecule has 1 aliphatic rings. The van der Waals surface area contributed by atoms with Crippen LogP contribution in [0.4, 0.5) is 31.3 Å². The van der Waals surface area contributed by atoms with Crippen LogP contribution in [0.15, 0.2) is 42.5 Å². The van der Waals surface area contributed by atoms with E-state index in [1.165, 1.54) is 16.2 Å². The summed E-state index contributed by atoms with van der Waals surface area (Å²) in [5.74, 6) is -4.85. The molecule has 2 heterocycles. The van der Waals surface area contributed by atoms with E-state index in [1.54, 1.807) is 25.1 Å². The van der Waals surface area contributed by atoms with Gasteiger partial charge < -0.3 is 0 Å². The Hall–Kier alpha value is -2.31. The number of likely N-dealkylation sites (tertiary alicyclic amines) is 1. The van der Waals surface area contributed by atoms with Crippen molar-refractivity contribution >= 4 is 36.4 Å². The molecule has 4 nitrogen and oxygen atoms in total. The molecule has 0 unspecified atom stereocenters. The van der Waals surface area contributed by atoms with Gasteiger partial charge in [0.25, 0.3) is 5.92 Å². The highest BCUT2D eigenvalue weighted by molar-refractivity contribution is 7.93. The first kappa shape index (κ1) is 26.7. The monoisotopic (exact) mass is 550 g/mol. The maximum atomic E-state index is 13.8. The maximum absolute atomic E-state index is 13.8. The van der Waals surface area contributed by atoms with E-state index in [4.69, 9.17) is 0 Å². The molecule has 1 saturated heterocycles. The van der Waals surface area contributed by atoms with Crippen molar-refractivity contribution < 1.29 is 34.8 Å². The van der Waals surface area contributed by atoms with Gasteiger partial charge >= 0.3 is 6.18 Å². The molecule has 196 valence electrons. The number of hydrogen-bond acceptors (Lipinski definition) is 4. The molecule has 0 radical (unpaired) electrons. The number of hydrogen-bond donors (Lipinski definition) is 0. The minimum atomic E-state index is -4.95. The van der Waals surface area contributed by atoms with Crippen LogP contribution in [0.5, 0.6) is 0 Å². The molecule has 0 spiro atoms. The van der Waals surface area contributed by atoms with Gasteiger partial charge in [0.05, 0.1) is 24.4 Å². The van der Waals surface area contributed by atoms with Crippen molar-refractivity contribution in [2.75, 3.05) is 29.7 Å². The molecule has 0 N–H and O–H groups in total. The van der Waals surface area contributed by atoms with Crippen molar-refractivity contribution in [3.05, 3.63) is 65.0 Å². The standard InChI is InChI=1S/C24H24F6N2O2S2/c1-16-18-5-2-3-6-21(18)35-22(16)32(14-17-7-8-20(25)19(13-17)24(28,29)30)36(33,34)12-11-31-10-4-9-23(26,27)15-31/h2-3,5-8,13H,4,9-12,14-15H2,1H3. The number of anilines is 1. The summed E-state index contributed by atoms with van der Waals surface area (Å²) < 4.78 is 110. The van der Waals surface area contributed by atoms with Gasteiger partial charge in [-0.1, -0.05) is 24.3 Å². The zero-order valence-electron chi connectivity index (χ0n) is 19.3. The Kier molecular flexibility index (Phi) is 7.33. The molecule has 0 atom stereocenters. The van der Waals surface area contributed by atoms with Crippen molar-refractivity contribution in [1.82, 2.24) is 4.90 Å². The molecule has 3 aromatic rings. The third-order valence-corrected chi connectivity index (χ3v) is 9.27. The smallest absolute Gasteiger partial charge is 0.296 e. The molecule has 0 saturated carbocycles. The summed E-state index contributed by atoms with van der Waals surface area (Å²) in [7, 11) is -4.16. The molecule has 0 amide bonds. The number of fused-ring (bicyclic) bond motifs is 1. The Balaban J connectivity index is 1.70. The summed E-state index contributed by atoms with van der Waals surface area (Å²) in [6, 6.07) is 9.56. The highest BCUT2D eigenvalue weighted by Crippen LogP contribution is 2.40. The van der Waals surface area contributed by atoms with Gasteiger partial charge in [-0.25, -0.2) is 21.6 Å². The van der Waals surface area contributed by atoms with Gasteiger partial charge in [-0.2, -0.15) is 13.2 Å². The Bertz CT molecular complexity index is 1350. The van der Waals surface area contributed by atoms with Crippen LogP contribution in [0.1, 0.15) is 29.5 Å². The van der Waals surface area contributed by atoms with Crippen LogP contribution in [-0.2, 0) is 22.7 Å².